The number of likely N-dealkylation sites (N-methyl/N-ethyl adjacent to an activating group) is 1. The lowest BCUT2D eigenvalue weighted by Gasteiger charge is -2.10. The van der Waals surface area contributed by atoms with Gasteiger partial charge in [-0.1, -0.05) is 12.1 Å². The largest absolute Gasteiger partial charge is 0.358 e. The Morgan fingerprint density at radius 2 is 2.15 bits per heavy atom. The zero-order valence-electron chi connectivity index (χ0n) is 15.4. The van der Waals surface area contributed by atoms with Gasteiger partial charge in [-0.05, 0) is 51.4 Å². The smallest absolute Gasteiger partial charge is 0.257 e. The summed E-state index contributed by atoms with van der Waals surface area (Å²) >= 11 is 0. The van der Waals surface area contributed by atoms with E-state index < -0.39 is 0 Å². The van der Waals surface area contributed by atoms with Crippen LogP contribution in [0.3, 0.4) is 0 Å². The molecule has 1 amide bonds. The van der Waals surface area contributed by atoms with E-state index in [0.717, 1.165) is 37.1 Å². The van der Waals surface area contributed by atoms with E-state index in [0.29, 0.717) is 5.56 Å². The summed E-state index contributed by atoms with van der Waals surface area (Å²) in [5.41, 5.74) is 5.05. The van der Waals surface area contributed by atoms with E-state index in [1.54, 1.807) is 6.20 Å². The van der Waals surface area contributed by atoms with Crippen molar-refractivity contribution in [2.45, 2.75) is 32.2 Å². The number of aryl methyl sites for hydroxylation is 2. The van der Waals surface area contributed by atoms with Crippen LogP contribution in [-0.4, -0.2) is 46.2 Å². The van der Waals surface area contributed by atoms with Crippen LogP contribution < -0.4 is 5.32 Å². The Hall–Kier alpha value is -2.60. The van der Waals surface area contributed by atoms with Crippen molar-refractivity contribution in [2.24, 2.45) is 0 Å². The highest BCUT2D eigenvalue weighted by Crippen LogP contribution is 2.31. The van der Waals surface area contributed by atoms with Crippen LogP contribution in [0, 0.1) is 0 Å². The van der Waals surface area contributed by atoms with Crippen molar-refractivity contribution in [3.63, 3.8) is 0 Å². The molecule has 0 atom stereocenters. The molecule has 0 bridgehead atoms. The van der Waals surface area contributed by atoms with E-state index in [1.165, 1.54) is 29.5 Å². The van der Waals surface area contributed by atoms with Crippen molar-refractivity contribution in [1.82, 2.24) is 19.7 Å². The molecule has 0 fully saturated rings. The fraction of sp³-hybridized carbons (Fsp3) is 0.400. The van der Waals surface area contributed by atoms with Crippen LogP contribution in [0.2, 0.25) is 0 Å². The average molecular weight is 351 g/mol. The fourth-order valence-corrected chi connectivity index (χ4v) is 3.67. The van der Waals surface area contributed by atoms with Crippen molar-refractivity contribution in [3.8, 4) is 0 Å². The van der Waals surface area contributed by atoms with E-state index in [4.69, 9.17) is 0 Å². The molecular formula is C20H25N5O. The number of aromatic nitrogens is 3. The van der Waals surface area contributed by atoms with E-state index in [9.17, 15) is 4.79 Å². The number of rotatable bonds is 5. The van der Waals surface area contributed by atoms with E-state index >= 15 is 0 Å². The van der Waals surface area contributed by atoms with Crippen molar-refractivity contribution in [3.05, 3.63) is 47.4 Å². The highest BCUT2D eigenvalue weighted by Gasteiger charge is 2.19. The van der Waals surface area contributed by atoms with Crippen LogP contribution in [0.4, 0.5) is 5.69 Å². The molecule has 3 aromatic rings. The number of nitrogens with zero attached hydrogens (tertiary/aromatic N) is 3. The van der Waals surface area contributed by atoms with Gasteiger partial charge in [-0.3, -0.25) is 9.48 Å². The number of hydrogen-bond donors (Lipinski definition) is 2. The normalized spacial score (nSPS) is 14.0. The Labute approximate surface area is 153 Å². The molecule has 0 aliphatic heterocycles. The van der Waals surface area contributed by atoms with Crippen molar-refractivity contribution in [1.29, 1.82) is 0 Å². The monoisotopic (exact) mass is 351 g/mol. The zero-order valence-corrected chi connectivity index (χ0v) is 15.4. The molecule has 4 rings (SSSR count). The first-order valence-electron chi connectivity index (χ1n) is 9.23. The summed E-state index contributed by atoms with van der Waals surface area (Å²) in [5, 5.41) is 8.49. The summed E-state index contributed by atoms with van der Waals surface area (Å²) in [5.74, 6) is -0.0960. The minimum Gasteiger partial charge on any atom is -0.358 e. The van der Waals surface area contributed by atoms with Crippen LogP contribution >= 0.6 is 0 Å². The van der Waals surface area contributed by atoms with Gasteiger partial charge in [0.25, 0.3) is 5.91 Å². The Morgan fingerprint density at radius 1 is 1.31 bits per heavy atom. The van der Waals surface area contributed by atoms with E-state index in [2.05, 4.69) is 26.4 Å². The molecule has 2 aromatic heterocycles. The quantitative estimate of drug-likeness (QED) is 0.742. The Morgan fingerprint density at radius 3 is 3.00 bits per heavy atom. The number of para-hydroxylation sites is 1. The number of H-pyrrole nitrogens is 1. The molecule has 136 valence electrons. The SMILES string of the molecule is CN(C)CCn1cc(NC(=O)c2cccc3c4c([nH]c23)CCCC4)cn1. The highest BCUT2D eigenvalue weighted by molar-refractivity contribution is 6.12. The summed E-state index contributed by atoms with van der Waals surface area (Å²) in [6.45, 7) is 1.70. The minimum atomic E-state index is -0.0960. The number of aromatic amines is 1. The Bertz CT molecular complexity index is 937. The number of carbonyl (C=O) groups is 1. The summed E-state index contributed by atoms with van der Waals surface area (Å²) in [6.07, 6.45) is 8.19. The van der Waals surface area contributed by atoms with Gasteiger partial charge in [0.15, 0.2) is 0 Å². The molecule has 6 heteroatoms. The summed E-state index contributed by atoms with van der Waals surface area (Å²) in [4.78, 5) is 18.4. The van der Waals surface area contributed by atoms with E-state index in [1.807, 2.05) is 37.1 Å². The maximum atomic E-state index is 12.8. The van der Waals surface area contributed by atoms with E-state index in [-0.39, 0.29) is 5.91 Å². The molecule has 1 aliphatic rings. The maximum absolute atomic E-state index is 12.8. The number of benzene rings is 1. The second-order valence-electron chi connectivity index (χ2n) is 7.27. The lowest BCUT2D eigenvalue weighted by Crippen LogP contribution is -2.18. The number of fused-ring (bicyclic) bond motifs is 3. The lowest BCUT2D eigenvalue weighted by molar-refractivity contribution is 0.102. The first-order valence-corrected chi connectivity index (χ1v) is 9.23. The molecule has 0 saturated carbocycles. The molecule has 0 radical (unpaired) electrons. The number of nitrogens with one attached hydrogen (secondary N) is 2. The maximum Gasteiger partial charge on any atom is 0.257 e. The first-order chi connectivity index (χ1) is 12.6. The van der Waals surface area contributed by atoms with Crippen molar-refractivity contribution >= 4 is 22.5 Å². The molecule has 26 heavy (non-hydrogen) atoms. The van der Waals surface area contributed by atoms with Crippen LogP contribution in [-0.2, 0) is 19.4 Å². The van der Waals surface area contributed by atoms with Gasteiger partial charge >= 0.3 is 0 Å². The van der Waals surface area contributed by atoms with Gasteiger partial charge < -0.3 is 15.2 Å². The van der Waals surface area contributed by atoms with Crippen LogP contribution in [0.25, 0.3) is 10.9 Å². The molecule has 1 aliphatic carbocycles. The van der Waals surface area contributed by atoms with Crippen molar-refractivity contribution in [2.75, 3.05) is 26.0 Å². The van der Waals surface area contributed by atoms with Crippen LogP contribution in [0.15, 0.2) is 30.6 Å². The number of anilines is 1. The predicted molar refractivity (Wildman–Crippen MR) is 104 cm³/mol. The third-order valence-electron chi connectivity index (χ3n) is 5.05. The van der Waals surface area contributed by atoms with Crippen LogP contribution in [0.1, 0.15) is 34.5 Å². The van der Waals surface area contributed by atoms with Gasteiger partial charge in [-0.25, -0.2) is 0 Å². The van der Waals surface area contributed by atoms with Gasteiger partial charge in [0.1, 0.15) is 0 Å². The van der Waals surface area contributed by atoms with Crippen molar-refractivity contribution < 1.29 is 4.79 Å². The number of hydrogen-bond acceptors (Lipinski definition) is 3. The topological polar surface area (TPSA) is 65.9 Å². The highest BCUT2D eigenvalue weighted by atomic mass is 16.1. The summed E-state index contributed by atoms with van der Waals surface area (Å²) < 4.78 is 1.85. The molecule has 2 heterocycles. The third-order valence-corrected chi connectivity index (χ3v) is 5.05. The third kappa shape index (κ3) is 3.24. The van der Waals surface area contributed by atoms with Gasteiger partial charge in [-0.2, -0.15) is 5.10 Å². The zero-order chi connectivity index (χ0) is 18.1. The number of amides is 1. The molecule has 1 aromatic carbocycles. The molecule has 6 nitrogen and oxygen atoms in total. The van der Waals surface area contributed by atoms with Gasteiger partial charge in [0, 0.05) is 23.8 Å². The Balaban J connectivity index is 1.56. The predicted octanol–water partition coefficient (Wildman–Crippen LogP) is 3.06. The first kappa shape index (κ1) is 16.8. The second-order valence-corrected chi connectivity index (χ2v) is 7.27. The number of carbonyl (C=O) groups excluding carboxylic acids is 1. The second kappa shape index (κ2) is 6.96. The minimum absolute atomic E-state index is 0.0960. The standard InChI is InChI=1S/C20H25N5O/c1-24(2)10-11-25-13-14(12-21-25)22-20(26)17-8-5-7-16-15-6-3-4-9-18(15)23-19(16)17/h5,7-8,12-13,23H,3-4,6,9-11H2,1-2H3,(H,22,26). The van der Waals surface area contributed by atoms with Gasteiger partial charge in [0.2, 0.25) is 0 Å². The molecule has 2 N–H and O–H groups in total. The summed E-state index contributed by atoms with van der Waals surface area (Å²) in [6, 6.07) is 5.97. The average Bonchev–Trinajstić information content (AvgIpc) is 3.23. The lowest BCUT2D eigenvalue weighted by atomic mass is 9.95. The fourth-order valence-electron chi connectivity index (χ4n) is 3.67. The summed E-state index contributed by atoms with van der Waals surface area (Å²) in [7, 11) is 4.06. The molecule has 0 saturated heterocycles. The van der Waals surface area contributed by atoms with Gasteiger partial charge in [0.05, 0.1) is 29.5 Å². The Kier molecular flexibility index (Phi) is 4.51. The van der Waals surface area contributed by atoms with Crippen LogP contribution in [0.5, 0.6) is 0 Å². The van der Waals surface area contributed by atoms with Gasteiger partial charge in [-0.15, -0.1) is 0 Å². The molecule has 0 unspecified atom stereocenters. The molecular weight excluding hydrogens is 326 g/mol. The molecule has 0 spiro atoms.